The monoisotopic (exact) mass is 404 g/mol. The van der Waals surface area contributed by atoms with Crippen LogP contribution in [0.3, 0.4) is 0 Å². The van der Waals surface area contributed by atoms with E-state index in [2.05, 4.69) is 107 Å². The quantitative estimate of drug-likeness (QED) is 0.232. The third-order valence-electron chi connectivity index (χ3n) is 7.20. The topological polar surface area (TPSA) is 18.5 Å². The molecule has 0 N–H and O–H groups in total. The second-order valence-corrected chi connectivity index (χ2v) is 9.75. The molecule has 0 atom stereocenters. The fourth-order valence-electron chi connectivity index (χ4n) is 4.67. The van der Waals surface area contributed by atoms with Crippen molar-refractivity contribution in [3.63, 3.8) is 0 Å². The third kappa shape index (κ3) is 2.88. The largest absolute Gasteiger partial charge is 0.495 e. The summed E-state index contributed by atoms with van der Waals surface area (Å²) in [6.07, 6.45) is 0. The van der Waals surface area contributed by atoms with Gasteiger partial charge in [0, 0.05) is 0 Å². The Morgan fingerprint density at radius 3 is 1.55 bits per heavy atom. The number of fused-ring (bicyclic) bond motifs is 4. The Morgan fingerprint density at radius 1 is 0.516 bits per heavy atom. The molecule has 0 aromatic heterocycles. The number of rotatable bonds is 1. The van der Waals surface area contributed by atoms with Gasteiger partial charge in [-0.05, 0) is 113 Å². The summed E-state index contributed by atoms with van der Waals surface area (Å²) in [5, 5.41) is 9.96. The van der Waals surface area contributed by atoms with E-state index in [1.807, 2.05) is 0 Å². The van der Waals surface area contributed by atoms with Gasteiger partial charge in [-0.1, -0.05) is 42.5 Å². The fourth-order valence-corrected chi connectivity index (χ4v) is 4.67. The summed E-state index contributed by atoms with van der Waals surface area (Å²) in [7, 11) is -0.365. The maximum Gasteiger partial charge on any atom is 0.495 e. The van der Waals surface area contributed by atoms with Crippen LogP contribution in [0.25, 0.3) is 43.1 Å². The molecule has 0 spiro atoms. The molecule has 2 nitrogen and oxygen atoms in total. The van der Waals surface area contributed by atoms with E-state index in [0.717, 1.165) is 5.46 Å². The zero-order valence-electron chi connectivity index (χ0n) is 18.4. The molecule has 0 radical (unpaired) electrons. The molecule has 0 unspecified atom stereocenters. The lowest BCUT2D eigenvalue weighted by Gasteiger charge is -2.32. The average Bonchev–Trinajstić information content (AvgIpc) is 2.95. The molecule has 0 bridgehead atoms. The van der Waals surface area contributed by atoms with Crippen molar-refractivity contribution < 1.29 is 9.31 Å². The zero-order chi connectivity index (χ0) is 21.4. The Bertz CT molecular complexity index is 1480. The van der Waals surface area contributed by atoms with Crippen molar-refractivity contribution in [1.82, 2.24) is 0 Å². The highest BCUT2D eigenvalue weighted by Gasteiger charge is 2.52. The summed E-state index contributed by atoms with van der Waals surface area (Å²) in [6, 6.07) is 28.7. The zero-order valence-corrected chi connectivity index (χ0v) is 18.4. The maximum absolute atomic E-state index is 6.37. The van der Waals surface area contributed by atoms with Crippen molar-refractivity contribution >= 4 is 55.7 Å². The molecule has 1 heterocycles. The number of benzene rings is 5. The summed E-state index contributed by atoms with van der Waals surface area (Å²) >= 11 is 0. The molecule has 6 rings (SSSR count). The molecular weight excluding hydrogens is 379 g/mol. The standard InChI is InChI=1S/C28H25BO2/c1-27(2)28(3,4)31-29(30-27)26-11-7-10-20-14-23-15-21-12-18-8-5-6-9-19(18)13-22(21)16-24(23)17-25(20)26/h5-17H,1-4H3. The highest BCUT2D eigenvalue weighted by molar-refractivity contribution is 6.65. The molecule has 31 heavy (non-hydrogen) atoms. The molecule has 1 aliphatic rings. The second-order valence-electron chi connectivity index (χ2n) is 9.75. The predicted octanol–water partition coefficient (Wildman–Crippen LogP) is 6.60. The first-order valence-corrected chi connectivity index (χ1v) is 11.0. The Hall–Kier alpha value is -2.88. The molecular formula is C28H25BO2. The average molecular weight is 404 g/mol. The van der Waals surface area contributed by atoms with Crippen LogP contribution in [0.2, 0.25) is 0 Å². The van der Waals surface area contributed by atoms with Gasteiger partial charge in [-0.15, -0.1) is 0 Å². The molecule has 1 fully saturated rings. The predicted molar refractivity (Wildman–Crippen MR) is 132 cm³/mol. The summed E-state index contributed by atoms with van der Waals surface area (Å²) < 4.78 is 12.7. The van der Waals surface area contributed by atoms with Crippen LogP contribution in [-0.2, 0) is 9.31 Å². The van der Waals surface area contributed by atoms with Crippen LogP contribution in [-0.4, -0.2) is 18.3 Å². The van der Waals surface area contributed by atoms with Crippen LogP contribution >= 0.6 is 0 Å². The molecule has 5 aromatic carbocycles. The lowest BCUT2D eigenvalue weighted by Crippen LogP contribution is -2.41. The normalized spacial score (nSPS) is 17.9. The maximum atomic E-state index is 6.37. The second kappa shape index (κ2) is 6.32. The number of hydrogen-bond donors (Lipinski definition) is 0. The minimum absolute atomic E-state index is 0.353. The molecule has 5 aromatic rings. The van der Waals surface area contributed by atoms with Gasteiger partial charge in [-0.3, -0.25) is 0 Å². The van der Waals surface area contributed by atoms with E-state index in [-0.39, 0.29) is 18.3 Å². The van der Waals surface area contributed by atoms with Crippen molar-refractivity contribution in [3.05, 3.63) is 78.9 Å². The summed E-state index contributed by atoms with van der Waals surface area (Å²) in [6.45, 7) is 8.40. The van der Waals surface area contributed by atoms with Crippen molar-refractivity contribution in [2.24, 2.45) is 0 Å². The van der Waals surface area contributed by atoms with E-state index < -0.39 is 0 Å². The van der Waals surface area contributed by atoms with E-state index in [9.17, 15) is 0 Å². The van der Waals surface area contributed by atoms with Gasteiger partial charge in [0.25, 0.3) is 0 Å². The Labute approximate surface area is 182 Å². The summed E-state index contributed by atoms with van der Waals surface area (Å²) in [5.41, 5.74) is 0.388. The molecule has 0 amide bonds. The molecule has 0 saturated carbocycles. The third-order valence-corrected chi connectivity index (χ3v) is 7.20. The first-order valence-electron chi connectivity index (χ1n) is 11.0. The van der Waals surface area contributed by atoms with Crippen LogP contribution < -0.4 is 5.46 Å². The minimum atomic E-state index is -0.365. The molecule has 1 aliphatic heterocycles. The van der Waals surface area contributed by atoms with Gasteiger partial charge in [0.05, 0.1) is 11.2 Å². The van der Waals surface area contributed by atoms with Gasteiger partial charge in [0.15, 0.2) is 0 Å². The van der Waals surface area contributed by atoms with E-state index in [1.54, 1.807) is 0 Å². The first-order chi connectivity index (χ1) is 14.8. The van der Waals surface area contributed by atoms with Crippen molar-refractivity contribution in [3.8, 4) is 0 Å². The van der Waals surface area contributed by atoms with E-state index in [4.69, 9.17) is 9.31 Å². The van der Waals surface area contributed by atoms with Gasteiger partial charge in [0.1, 0.15) is 0 Å². The van der Waals surface area contributed by atoms with E-state index in [1.165, 1.54) is 43.1 Å². The van der Waals surface area contributed by atoms with Crippen LogP contribution in [0, 0.1) is 0 Å². The Balaban J connectivity index is 1.56. The van der Waals surface area contributed by atoms with Crippen LogP contribution in [0.15, 0.2) is 78.9 Å². The lowest BCUT2D eigenvalue weighted by atomic mass is 9.75. The Morgan fingerprint density at radius 2 is 0.968 bits per heavy atom. The van der Waals surface area contributed by atoms with Crippen molar-refractivity contribution in [2.45, 2.75) is 38.9 Å². The molecule has 152 valence electrons. The fraction of sp³-hybridized carbons (Fsp3) is 0.214. The Kier molecular flexibility index (Phi) is 3.84. The number of hydrogen-bond acceptors (Lipinski definition) is 2. The van der Waals surface area contributed by atoms with Crippen LogP contribution in [0.4, 0.5) is 0 Å². The van der Waals surface area contributed by atoms with Gasteiger partial charge >= 0.3 is 7.12 Å². The van der Waals surface area contributed by atoms with Gasteiger partial charge in [-0.25, -0.2) is 0 Å². The van der Waals surface area contributed by atoms with Gasteiger partial charge < -0.3 is 9.31 Å². The van der Waals surface area contributed by atoms with Gasteiger partial charge in [-0.2, -0.15) is 0 Å². The summed E-state index contributed by atoms with van der Waals surface area (Å²) in [5.74, 6) is 0. The van der Waals surface area contributed by atoms with Gasteiger partial charge in [0.2, 0.25) is 0 Å². The van der Waals surface area contributed by atoms with Crippen molar-refractivity contribution in [1.29, 1.82) is 0 Å². The highest BCUT2D eigenvalue weighted by Crippen LogP contribution is 2.37. The van der Waals surface area contributed by atoms with Crippen molar-refractivity contribution in [2.75, 3.05) is 0 Å². The molecule has 3 heteroatoms. The highest BCUT2D eigenvalue weighted by atomic mass is 16.7. The minimum Gasteiger partial charge on any atom is -0.399 e. The molecule has 1 saturated heterocycles. The smallest absolute Gasteiger partial charge is 0.399 e. The van der Waals surface area contributed by atoms with Crippen LogP contribution in [0.1, 0.15) is 27.7 Å². The van der Waals surface area contributed by atoms with E-state index >= 15 is 0 Å². The van der Waals surface area contributed by atoms with E-state index in [0.29, 0.717) is 0 Å². The first kappa shape index (κ1) is 18.9. The summed E-state index contributed by atoms with van der Waals surface area (Å²) in [4.78, 5) is 0. The lowest BCUT2D eigenvalue weighted by molar-refractivity contribution is 0.00578. The SMILES string of the molecule is CC1(C)OB(c2cccc3cc4cc5cc6ccccc6cc5cc4cc23)OC1(C)C. The van der Waals surface area contributed by atoms with Crippen LogP contribution in [0.5, 0.6) is 0 Å². The molecule has 0 aliphatic carbocycles.